The molecule has 0 aliphatic heterocycles. The molecule has 0 radical (unpaired) electrons. The van der Waals surface area contributed by atoms with Gasteiger partial charge in [-0.05, 0) is 6.92 Å². The lowest BCUT2D eigenvalue weighted by Gasteiger charge is -2.29. The van der Waals surface area contributed by atoms with E-state index >= 15 is 0 Å². The van der Waals surface area contributed by atoms with Crippen LogP contribution in [-0.2, 0) is 32.0 Å². The van der Waals surface area contributed by atoms with E-state index in [2.05, 4.69) is 24.5 Å². The molecule has 0 fully saturated rings. The highest BCUT2D eigenvalue weighted by Gasteiger charge is 2.24. The lowest BCUT2D eigenvalue weighted by atomic mass is 10.3. The van der Waals surface area contributed by atoms with Gasteiger partial charge >= 0.3 is 5.69 Å². The van der Waals surface area contributed by atoms with E-state index in [0.717, 1.165) is 18.0 Å². The summed E-state index contributed by atoms with van der Waals surface area (Å²) < 4.78 is 50.7. The molecule has 0 aliphatic carbocycles. The number of nitrogens with one attached hydrogen (secondary N) is 1. The number of nitrogens with two attached hydrogens (primary N) is 1. The molecule has 0 amide bonds. The van der Waals surface area contributed by atoms with E-state index < -0.39 is 58.8 Å². The fourth-order valence-corrected chi connectivity index (χ4v) is 4.47. The maximum absolute atomic E-state index is 12.6. The van der Waals surface area contributed by atoms with Crippen LogP contribution in [0.1, 0.15) is 17.6 Å². The van der Waals surface area contributed by atoms with E-state index in [-0.39, 0.29) is 29.2 Å². The molecule has 3 aromatic rings. The number of methoxy groups -OCH3 is 1. The van der Waals surface area contributed by atoms with Gasteiger partial charge in [-0.15, -0.1) is 0 Å². The first kappa shape index (κ1) is 29.8. The molecule has 20 heteroatoms. The summed E-state index contributed by atoms with van der Waals surface area (Å²) in [4.78, 5) is 62.1. The second kappa shape index (κ2) is 12.4. The van der Waals surface area contributed by atoms with Gasteiger partial charge < -0.3 is 42.9 Å². The molecule has 0 bridgehead atoms. The Bertz CT molecular complexity index is 1470. The number of anilines is 1. The monoisotopic (exact) mass is 577 g/mol. The number of phosphoric ester groups is 2. The highest BCUT2D eigenvalue weighted by atomic mass is 31.2. The maximum atomic E-state index is 12.6. The van der Waals surface area contributed by atoms with Crippen molar-refractivity contribution in [2.45, 2.75) is 19.0 Å². The minimum absolute atomic E-state index is 0.0375. The fraction of sp³-hybridized carbons (Fsp3) is 0.500. The van der Waals surface area contributed by atoms with E-state index in [4.69, 9.17) is 24.0 Å². The quantitative estimate of drug-likeness (QED) is 0.210. The first-order valence-electron chi connectivity index (χ1n) is 10.7. The van der Waals surface area contributed by atoms with E-state index in [1.807, 2.05) is 0 Å². The van der Waals surface area contributed by atoms with Gasteiger partial charge in [-0.1, -0.05) is 0 Å². The molecule has 3 N–H and O–H groups in total. The number of ether oxygens (including phenoxy) is 1. The Labute approximate surface area is 214 Å². The van der Waals surface area contributed by atoms with Gasteiger partial charge in [0.2, 0.25) is 0 Å². The fourth-order valence-electron chi connectivity index (χ4n) is 3.23. The molecule has 0 aliphatic rings. The third kappa shape index (κ3) is 7.41. The third-order valence-electron chi connectivity index (χ3n) is 5.18. The van der Waals surface area contributed by atoms with Crippen molar-refractivity contribution in [3.05, 3.63) is 45.3 Å². The highest BCUT2D eigenvalue weighted by molar-refractivity contribution is 7.46. The molecule has 18 nitrogen and oxygen atoms in total. The zero-order chi connectivity index (χ0) is 28.1. The zero-order valence-electron chi connectivity index (χ0n) is 20.4. The Morgan fingerprint density at radius 2 is 1.58 bits per heavy atom. The number of imidazole rings is 1. The van der Waals surface area contributed by atoms with Crippen LogP contribution in [0, 0.1) is 6.92 Å². The first-order valence-corrected chi connectivity index (χ1v) is 13.6. The average Bonchev–Trinajstić information content (AvgIpc) is 3.29. The molecule has 3 rings (SSSR count). The van der Waals surface area contributed by atoms with E-state index in [1.54, 1.807) is 0 Å². The third-order valence-corrected chi connectivity index (χ3v) is 7.02. The van der Waals surface area contributed by atoms with Crippen LogP contribution in [0.2, 0.25) is 0 Å². The molecule has 3 heterocycles. The molecule has 210 valence electrons. The summed E-state index contributed by atoms with van der Waals surface area (Å²) in [5.74, 6) is 0.0375. The van der Waals surface area contributed by atoms with Crippen molar-refractivity contribution in [1.29, 1.82) is 0 Å². The van der Waals surface area contributed by atoms with E-state index in [0.29, 0.717) is 0 Å². The summed E-state index contributed by atoms with van der Waals surface area (Å²) in [6, 6.07) is -2.06. The Balaban J connectivity index is 1.77. The minimum Gasteiger partial charge on any atom is -0.756 e. The number of hydrogen-bond acceptors (Lipinski definition) is 15. The predicted molar refractivity (Wildman–Crippen MR) is 126 cm³/mol. The van der Waals surface area contributed by atoms with Crippen molar-refractivity contribution in [3.8, 4) is 0 Å². The Hall–Kier alpha value is -2.79. The van der Waals surface area contributed by atoms with Crippen molar-refractivity contribution in [3.63, 3.8) is 0 Å². The van der Waals surface area contributed by atoms with Crippen LogP contribution in [0.3, 0.4) is 0 Å². The van der Waals surface area contributed by atoms with E-state index in [9.17, 15) is 28.5 Å². The van der Waals surface area contributed by atoms with Gasteiger partial charge in [0.15, 0.2) is 11.5 Å². The lowest BCUT2D eigenvalue weighted by Crippen LogP contribution is -2.36. The molecule has 0 spiro atoms. The SMILES string of the molecule is COC[C@@H](COP(=O)([O-])OC[C@@H](COP(=O)([O-])OC)n1cnc2c(N)ncnc21)n1cc(C)c(=O)[nH]c1=O. The average molecular weight is 577 g/mol. The molecule has 38 heavy (non-hydrogen) atoms. The van der Waals surface area contributed by atoms with Gasteiger partial charge in [-0.2, -0.15) is 0 Å². The summed E-state index contributed by atoms with van der Waals surface area (Å²) in [5, 5.41) is 0. The minimum atomic E-state index is -5.04. The summed E-state index contributed by atoms with van der Waals surface area (Å²) in [6.45, 7) is -0.557. The van der Waals surface area contributed by atoms with Crippen LogP contribution < -0.4 is 26.8 Å². The Morgan fingerprint density at radius 3 is 2.18 bits per heavy atom. The topological polar surface area (TPSA) is 251 Å². The van der Waals surface area contributed by atoms with Crippen molar-refractivity contribution in [2.75, 3.05) is 46.4 Å². The van der Waals surface area contributed by atoms with Crippen LogP contribution in [0.15, 0.2) is 28.4 Å². The van der Waals surface area contributed by atoms with Crippen LogP contribution in [0.4, 0.5) is 5.82 Å². The van der Waals surface area contributed by atoms with Crippen LogP contribution >= 0.6 is 15.6 Å². The number of aromatic amines is 1. The normalized spacial score (nSPS) is 16.7. The molecular formula is C18H25N7O11P2-2. The van der Waals surface area contributed by atoms with Crippen LogP contribution in [0.25, 0.3) is 11.2 Å². The molecule has 3 aromatic heterocycles. The predicted octanol–water partition coefficient (Wildman–Crippen LogP) is -1.37. The maximum Gasteiger partial charge on any atom is 0.328 e. The van der Waals surface area contributed by atoms with Crippen LogP contribution in [0.5, 0.6) is 0 Å². The standard InChI is InChI=1S/C18H27N7O11P2/c1-11-4-24(18(27)23-17(11)26)12(5-32-2)6-35-38(30,31)36-8-13(7-34-37(28,29)33-3)25-10-22-14-15(19)20-9-21-16(14)25/h4,9-10,12-13H,5-8H2,1-3H3,(H,28,29)(H,30,31)(H2,19,20,21)(H,23,26,27)/p-2/t12-,13+/m0/s1. The number of nitrogens with zero attached hydrogens (tertiary/aromatic N) is 5. The van der Waals surface area contributed by atoms with Gasteiger partial charge in [0.1, 0.15) is 11.8 Å². The van der Waals surface area contributed by atoms with Gasteiger partial charge in [-0.25, -0.2) is 19.7 Å². The number of nitrogen functional groups attached to an aromatic ring is 1. The summed E-state index contributed by atoms with van der Waals surface area (Å²) in [6.07, 6.45) is 3.61. The Morgan fingerprint density at radius 1 is 0.974 bits per heavy atom. The smallest absolute Gasteiger partial charge is 0.328 e. The first-order chi connectivity index (χ1) is 17.9. The highest BCUT2D eigenvalue weighted by Crippen LogP contribution is 2.42. The van der Waals surface area contributed by atoms with Gasteiger partial charge in [0, 0.05) is 26.0 Å². The van der Waals surface area contributed by atoms with Crippen molar-refractivity contribution >= 4 is 32.6 Å². The van der Waals surface area contributed by atoms with Crippen LogP contribution in [-0.4, -0.2) is 69.7 Å². The second-order valence-corrected chi connectivity index (χ2v) is 10.7. The lowest BCUT2D eigenvalue weighted by molar-refractivity contribution is -0.228. The Kier molecular flexibility index (Phi) is 9.69. The second-order valence-electron chi connectivity index (χ2n) is 7.79. The van der Waals surface area contributed by atoms with Gasteiger partial charge in [0.25, 0.3) is 21.2 Å². The number of fused-ring (bicyclic) bond motifs is 1. The number of aromatic nitrogens is 6. The summed E-state index contributed by atoms with van der Waals surface area (Å²) in [5.41, 5.74) is 4.93. The van der Waals surface area contributed by atoms with Crippen molar-refractivity contribution in [2.24, 2.45) is 0 Å². The largest absolute Gasteiger partial charge is 0.756 e. The zero-order valence-corrected chi connectivity index (χ0v) is 22.2. The van der Waals surface area contributed by atoms with Crippen molar-refractivity contribution in [1.82, 2.24) is 29.1 Å². The van der Waals surface area contributed by atoms with Gasteiger partial charge in [-0.3, -0.25) is 23.5 Å². The molecular weight excluding hydrogens is 552 g/mol. The summed E-state index contributed by atoms with van der Waals surface area (Å²) in [7, 11) is -7.51. The molecule has 0 aromatic carbocycles. The molecule has 0 saturated heterocycles. The van der Waals surface area contributed by atoms with Gasteiger partial charge in [0.05, 0.1) is 44.8 Å². The van der Waals surface area contributed by atoms with E-state index in [1.165, 1.54) is 31.1 Å². The number of hydrogen-bond donors (Lipinski definition) is 2. The van der Waals surface area contributed by atoms with Crippen molar-refractivity contribution < 1.29 is 41.7 Å². The number of rotatable bonds is 14. The summed E-state index contributed by atoms with van der Waals surface area (Å²) >= 11 is 0. The molecule has 0 saturated carbocycles. The number of H-pyrrole nitrogens is 1. The molecule has 4 atom stereocenters. The number of phosphoric acid groups is 2. The number of aryl methyl sites for hydroxylation is 1. The molecule has 2 unspecified atom stereocenters.